The summed E-state index contributed by atoms with van der Waals surface area (Å²) in [6, 6.07) is 9.68. The van der Waals surface area contributed by atoms with Gasteiger partial charge in [0.1, 0.15) is 0 Å². The van der Waals surface area contributed by atoms with Gasteiger partial charge in [0.2, 0.25) is 0 Å². The molecule has 0 aromatic heterocycles. The first-order valence-corrected chi connectivity index (χ1v) is 7.23. The van der Waals surface area contributed by atoms with Gasteiger partial charge in [0.05, 0.1) is 11.6 Å². The van der Waals surface area contributed by atoms with Gasteiger partial charge in [-0.05, 0) is 49.4 Å². The van der Waals surface area contributed by atoms with E-state index in [9.17, 15) is 0 Å². The molecular weight excluding hydrogens is 234 g/mol. The fraction of sp³-hybridized carbons (Fsp3) is 0.562. The number of hydrogen-bond acceptors (Lipinski definition) is 3. The molecule has 100 valence electrons. The number of aryl methyl sites for hydroxylation is 1. The molecule has 1 heterocycles. The monoisotopic (exact) mass is 255 g/mol. The first kappa shape index (κ1) is 12.7. The van der Waals surface area contributed by atoms with Gasteiger partial charge < -0.3 is 5.32 Å². The van der Waals surface area contributed by atoms with Crippen LogP contribution in [0.25, 0.3) is 0 Å². The van der Waals surface area contributed by atoms with Gasteiger partial charge in [0, 0.05) is 31.7 Å². The molecule has 0 spiro atoms. The van der Waals surface area contributed by atoms with Crippen LogP contribution in [0, 0.1) is 18.3 Å². The van der Waals surface area contributed by atoms with E-state index in [0.29, 0.717) is 6.04 Å². The smallest absolute Gasteiger partial charge is 0.0991 e. The van der Waals surface area contributed by atoms with Crippen LogP contribution in [0.3, 0.4) is 0 Å². The number of nitrogens with one attached hydrogen (secondary N) is 1. The highest BCUT2D eigenvalue weighted by Crippen LogP contribution is 2.29. The Morgan fingerprint density at radius 1 is 1.37 bits per heavy atom. The van der Waals surface area contributed by atoms with E-state index in [4.69, 9.17) is 5.26 Å². The van der Waals surface area contributed by atoms with E-state index in [-0.39, 0.29) is 0 Å². The molecule has 1 saturated heterocycles. The van der Waals surface area contributed by atoms with Crippen LogP contribution in [0.4, 0.5) is 0 Å². The minimum Gasteiger partial charge on any atom is -0.309 e. The molecule has 1 aromatic rings. The molecule has 19 heavy (non-hydrogen) atoms. The molecule has 0 radical (unpaired) electrons. The summed E-state index contributed by atoms with van der Waals surface area (Å²) in [5.74, 6) is 0. The van der Waals surface area contributed by atoms with Crippen LogP contribution in [0.15, 0.2) is 18.2 Å². The molecule has 3 nitrogen and oxygen atoms in total. The highest BCUT2D eigenvalue weighted by molar-refractivity contribution is 5.37. The third-order valence-corrected chi connectivity index (χ3v) is 4.34. The maximum atomic E-state index is 8.87. The Bertz CT molecular complexity index is 499. The van der Waals surface area contributed by atoms with E-state index < -0.39 is 0 Å². The highest BCUT2D eigenvalue weighted by Gasteiger charge is 2.33. The average Bonchev–Trinajstić information content (AvgIpc) is 3.17. The number of likely N-dealkylation sites (tertiary alicyclic amines) is 1. The Hall–Kier alpha value is -1.37. The number of nitrogens with zero attached hydrogens (tertiary/aromatic N) is 2. The molecule has 1 aromatic carbocycles. The SMILES string of the molecule is Cc1cc(C#N)ccc1CNC1CCN(C2CC2)C1. The minimum absolute atomic E-state index is 0.635. The van der Waals surface area contributed by atoms with E-state index in [1.807, 2.05) is 12.1 Å². The van der Waals surface area contributed by atoms with Gasteiger partial charge in [-0.2, -0.15) is 5.26 Å². The summed E-state index contributed by atoms with van der Waals surface area (Å²) < 4.78 is 0. The number of benzene rings is 1. The molecular formula is C16H21N3. The summed E-state index contributed by atoms with van der Waals surface area (Å²) in [5, 5.41) is 12.5. The van der Waals surface area contributed by atoms with Gasteiger partial charge in [0.25, 0.3) is 0 Å². The second-order valence-electron chi connectivity index (χ2n) is 5.85. The average molecular weight is 255 g/mol. The Morgan fingerprint density at radius 3 is 2.89 bits per heavy atom. The molecule has 2 aliphatic rings. The molecule has 1 aliphatic carbocycles. The molecule has 0 bridgehead atoms. The maximum absolute atomic E-state index is 8.87. The van der Waals surface area contributed by atoms with Crippen LogP contribution >= 0.6 is 0 Å². The van der Waals surface area contributed by atoms with Crippen molar-refractivity contribution < 1.29 is 0 Å². The zero-order chi connectivity index (χ0) is 13.2. The fourth-order valence-electron chi connectivity index (χ4n) is 2.94. The molecule has 1 saturated carbocycles. The lowest BCUT2D eigenvalue weighted by Gasteiger charge is -2.16. The zero-order valence-corrected chi connectivity index (χ0v) is 11.5. The third kappa shape index (κ3) is 2.97. The van der Waals surface area contributed by atoms with Gasteiger partial charge in [0.15, 0.2) is 0 Å². The predicted molar refractivity (Wildman–Crippen MR) is 75.7 cm³/mol. The Kier molecular flexibility index (Phi) is 3.54. The highest BCUT2D eigenvalue weighted by atomic mass is 15.2. The van der Waals surface area contributed by atoms with Gasteiger partial charge >= 0.3 is 0 Å². The number of hydrogen-bond donors (Lipinski definition) is 1. The van der Waals surface area contributed by atoms with E-state index >= 15 is 0 Å². The summed E-state index contributed by atoms with van der Waals surface area (Å²) in [6.45, 7) is 5.47. The van der Waals surface area contributed by atoms with Crippen LogP contribution in [-0.4, -0.2) is 30.1 Å². The first-order chi connectivity index (χ1) is 9.26. The van der Waals surface area contributed by atoms with E-state index in [1.165, 1.54) is 43.5 Å². The van der Waals surface area contributed by atoms with Crippen molar-refractivity contribution in [1.82, 2.24) is 10.2 Å². The molecule has 1 aliphatic heterocycles. The van der Waals surface area contributed by atoms with Crippen LogP contribution in [0.1, 0.15) is 36.0 Å². The number of nitriles is 1. The lowest BCUT2D eigenvalue weighted by Crippen LogP contribution is -2.33. The predicted octanol–water partition coefficient (Wildman–Crippen LogP) is 2.19. The van der Waals surface area contributed by atoms with Crippen molar-refractivity contribution in [2.24, 2.45) is 0 Å². The van der Waals surface area contributed by atoms with E-state index in [1.54, 1.807) is 0 Å². The molecule has 3 rings (SSSR count). The van der Waals surface area contributed by atoms with Gasteiger partial charge in [-0.1, -0.05) is 6.07 Å². The Morgan fingerprint density at radius 2 is 2.21 bits per heavy atom. The lowest BCUT2D eigenvalue weighted by atomic mass is 10.1. The van der Waals surface area contributed by atoms with Crippen molar-refractivity contribution >= 4 is 0 Å². The largest absolute Gasteiger partial charge is 0.309 e. The topological polar surface area (TPSA) is 39.1 Å². The van der Waals surface area contributed by atoms with Crippen molar-refractivity contribution in [3.8, 4) is 6.07 Å². The van der Waals surface area contributed by atoms with Gasteiger partial charge in [-0.25, -0.2) is 0 Å². The van der Waals surface area contributed by atoms with Crippen LogP contribution in [0.2, 0.25) is 0 Å². The van der Waals surface area contributed by atoms with Crippen molar-refractivity contribution in [2.45, 2.75) is 44.8 Å². The summed E-state index contributed by atoms with van der Waals surface area (Å²) in [6.07, 6.45) is 4.08. The molecule has 1 atom stereocenters. The van der Waals surface area contributed by atoms with E-state index in [2.05, 4.69) is 29.3 Å². The Balaban J connectivity index is 1.53. The normalized spacial score (nSPS) is 23.5. The van der Waals surface area contributed by atoms with Crippen molar-refractivity contribution in [3.63, 3.8) is 0 Å². The summed E-state index contributed by atoms with van der Waals surface area (Å²) in [4.78, 5) is 2.63. The van der Waals surface area contributed by atoms with Crippen molar-refractivity contribution in [1.29, 1.82) is 5.26 Å². The summed E-state index contributed by atoms with van der Waals surface area (Å²) >= 11 is 0. The van der Waals surface area contributed by atoms with Crippen LogP contribution in [-0.2, 0) is 6.54 Å². The van der Waals surface area contributed by atoms with Crippen LogP contribution in [0.5, 0.6) is 0 Å². The zero-order valence-electron chi connectivity index (χ0n) is 11.5. The lowest BCUT2D eigenvalue weighted by molar-refractivity contribution is 0.317. The number of rotatable bonds is 4. The maximum Gasteiger partial charge on any atom is 0.0991 e. The Labute approximate surface area is 115 Å². The van der Waals surface area contributed by atoms with Gasteiger partial charge in [-0.15, -0.1) is 0 Å². The van der Waals surface area contributed by atoms with Crippen molar-refractivity contribution in [3.05, 3.63) is 34.9 Å². The van der Waals surface area contributed by atoms with Crippen LogP contribution < -0.4 is 5.32 Å². The molecule has 1 unspecified atom stereocenters. The van der Waals surface area contributed by atoms with E-state index in [0.717, 1.165) is 18.2 Å². The quantitative estimate of drug-likeness (QED) is 0.896. The summed E-state index contributed by atoms with van der Waals surface area (Å²) in [7, 11) is 0. The second kappa shape index (κ2) is 5.32. The molecule has 0 amide bonds. The standard InChI is InChI=1S/C16H21N3/c1-12-8-13(9-17)2-3-14(12)10-18-15-6-7-19(11-15)16-4-5-16/h2-3,8,15-16,18H,4-7,10-11H2,1H3. The molecule has 3 heteroatoms. The van der Waals surface area contributed by atoms with Crippen molar-refractivity contribution in [2.75, 3.05) is 13.1 Å². The first-order valence-electron chi connectivity index (χ1n) is 7.23. The summed E-state index contributed by atoms with van der Waals surface area (Å²) in [5.41, 5.74) is 3.27. The fourth-order valence-corrected chi connectivity index (χ4v) is 2.94. The minimum atomic E-state index is 0.635. The molecule has 2 fully saturated rings. The second-order valence-corrected chi connectivity index (χ2v) is 5.85. The molecule has 1 N–H and O–H groups in total. The van der Waals surface area contributed by atoms with Gasteiger partial charge in [-0.3, -0.25) is 4.90 Å². The third-order valence-electron chi connectivity index (χ3n) is 4.34.